The Morgan fingerprint density at radius 3 is 2.67 bits per heavy atom. The number of amides is 3. The van der Waals surface area contributed by atoms with Crippen LogP contribution in [0.15, 0.2) is 42.6 Å². The monoisotopic (exact) mass is 579 g/mol. The standard InChI is InChI=1S/C29H33N5O8/c1-29(2,3)42-27(36)32-21(13-17-9-10-30-20-6-8-24(38-4)33-25(17)20)26(35)31-15-19-16-34(28(37)41-19)18-5-7-22-23(14-18)40-12-11-39-22/h5-10,14,19,21H,11-13,15-16H2,1-4H3,(H,31,35)(H,32,36)/t19-,21?/m1/s1. The number of hydrogen-bond acceptors (Lipinski definition) is 10. The molecule has 13 heteroatoms. The lowest BCUT2D eigenvalue weighted by atomic mass is 10.0. The van der Waals surface area contributed by atoms with Crippen LogP contribution in [0.25, 0.3) is 11.0 Å². The van der Waals surface area contributed by atoms with E-state index in [1.165, 1.54) is 12.0 Å². The maximum absolute atomic E-state index is 13.4. The van der Waals surface area contributed by atoms with Crippen molar-refractivity contribution < 1.29 is 38.1 Å². The summed E-state index contributed by atoms with van der Waals surface area (Å²) < 4.78 is 27.3. The number of rotatable bonds is 8. The molecule has 3 amide bonds. The number of hydrogen-bond donors (Lipinski definition) is 2. The summed E-state index contributed by atoms with van der Waals surface area (Å²) >= 11 is 0. The Morgan fingerprint density at radius 2 is 1.90 bits per heavy atom. The Hall–Kier alpha value is -4.81. The van der Waals surface area contributed by atoms with Crippen molar-refractivity contribution in [1.82, 2.24) is 20.6 Å². The van der Waals surface area contributed by atoms with E-state index < -0.39 is 35.8 Å². The van der Waals surface area contributed by atoms with Crippen LogP contribution in [0.3, 0.4) is 0 Å². The summed E-state index contributed by atoms with van der Waals surface area (Å²) in [5.74, 6) is 1.07. The van der Waals surface area contributed by atoms with E-state index in [0.717, 1.165) is 0 Å². The second-order valence-electron chi connectivity index (χ2n) is 10.8. The highest BCUT2D eigenvalue weighted by molar-refractivity contribution is 5.91. The molecule has 0 spiro atoms. The first kappa shape index (κ1) is 28.7. The Labute approximate surface area is 242 Å². The van der Waals surface area contributed by atoms with Crippen molar-refractivity contribution in [3.8, 4) is 17.4 Å². The van der Waals surface area contributed by atoms with Crippen molar-refractivity contribution >= 4 is 34.8 Å². The predicted octanol–water partition coefficient (Wildman–Crippen LogP) is 2.99. The minimum atomic E-state index is -1.02. The molecule has 42 heavy (non-hydrogen) atoms. The van der Waals surface area contributed by atoms with E-state index in [1.807, 2.05) is 0 Å². The number of aromatic nitrogens is 2. The van der Waals surface area contributed by atoms with Gasteiger partial charge < -0.3 is 34.3 Å². The summed E-state index contributed by atoms with van der Waals surface area (Å²) in [6.45, 7) is 6.32. The van der Waals surface area contributed by atoms with Gasteiger partial charge in [-0.05, 0) is 50.6 Å². The summed E-state index contributed by atoms with van der Waals surface area (Å²) in [6, 6.07) is 9.38. The van der Waals surface area contributed by atoms with Crippen LogP contribution in [0, 0.1) is 0 Å². The van der Waals surface area contributed by atoms with Crippen LogP contribution in [-0.4, -0.2) is 79.2 Å². The number of ether oxygens (including phenoxy) is 5. The molecule has 13 nitrogen and oxygen atoms in total. The summed E-state index contributed by atoms with van der Waals surface area (Å²) in [4.78, 5) is 49.0. The Bertz CT molecular complexity index is 1490. The number of fused-ring (bicyclic) bond motifs is 2. The Balaban J connectivity index is 1.28. The number of methoxy groups -OCH3 is 1. The van der Waals surface area contributed by atoms with Crippen LogP contribution < -0.4 is 29.7 Å². The third kappa shape index (κ3) is 6.73. The van der Waals surface area contributed by atoms with Crippen LogP contribution in [0.2, 0.25) is 0 Å². The molecule has 1 fully saturated rings. The maximum Gasteiger partial charge on any atom is 0.414 e. The number of cyclic esters (lactones) is 1. The number of nitrogens with zero attached hydrogens (tertiary/aromatic N) is 3. The van der Waals surface area contributed by atoms with Crippen LogP contribution in [0.1, 0.15) is 26.3 Å². The van der Waals surface area contributed by atoms with E-state index in [2.05, 4.69) is 20.6 Å². The molecule has 1 aromatic carbocycles. The second-order valence-corrected chi connectivity index (χ2v) is 10.8. The third-order valence-corrected chi connectivity index (χ3v) is 6.50. The molecule has 1 unspecified atom stereocenters. The molecule has 2 aliphatic rings. The lowest BCUT2D eigenvalue weighted by Crippen LogP contribution is -2.50. The van der Waals surface area contributed by atoms with E-state index in [1.54, 1.807) is 63.4 Å². The van der Waals surface area contributed by atoms with E-state index in [9.17, 15) is 14.4 Å². The second kappa shape index (κ2) is 12.0. The lowest BCUT2D eigenvalue weighted by Gasteiger charge is -2.24. The Kier molecular flexibility index (Phi) is 8.18. The quantitative estimate of drug-likeness (QED) is 0.408. The SMILES string of the molecule is COc1ccc2nccc(CC(NC(=O)OC(C)(C)C)C(=O)NC[C@@H]3CN(c4ccc5c(c4)OCCO5)C(=O)O3)c2n1. The van der Waals surface area contributed by atoms with Crippen LogP contribution >= 0.6 is 0 Å². The van der Waals surface area contributed by atoms with Gasteiger partial charge >= 0.3 is 12.2 Å². The number of benzene rings is 1. The van der Waals surface area contributed by atoms with E-state index >= 15 is 0 Å². The number of carbonyl (C=O) groups excluding carboxylic acids is 3. The summed E-state index contributed by atoms with van der Waals surface area (Å²) in [6.07, 6.45) is -0.206. The maximum atomic E-state index is 13.4. The highest BCUT2D eigenvalue weighted by atomic mass is 16.6. The minimum absolute atomic E-state index is 0.0291. The van der Waals surface area contributed by atoms with Crippen molar-refractivity contribution in [3.63, 3.8) is 0 Å². The van der Waals surface area contributed by atoms with E-state index in [-0.39, 0.29) is 19.5 Å². The molecule has 0 saturated carbocycles. The number of anilines is 1. The zero-order valence-electron chi connectivity index (χ0n) is 23.8. The van der Waals surface area contributed by atoms with Gasteiger partial charge in [0.2, 0.25) is 11.8 Å². The van der Waals surface area contributed by atoms with Gasteiger partial charge in [-0.1, -0.05) is 0 Å². The molecule has 4 heterocycles. The Morgan fingerprint density at radius 1 is 1.12 bits per heavy atom. The number of pyridine rings is 2. The molecule has 0 aliphatic carbocycles. The molecule has 1 saturated heterocycles. The van der Waals surface area contributed by atoms with Crippen LogP contribution in [0.5, 0.6) is 17.4 Å². The van der Waals surface area contributed by atoms with Gasteiger partial charge in [-0.25, -0.2) is 14.6 Å². The van der Waals surface area contributed by atoms with E-state index in [4.69, 9.17) is 23.7 Å². The molecule has 3 aromatic rings. The molecule has 0 bridgehead atoms. The first-order chi connectivity index (χ1) is 20.1. The highest BCUT2D eigenvalue weighted by Crippen LogP contribution is 2.35. The average Bonchev–Trinajstić information content (AvgIpc) is 3.34. The first-order valence-corrected chi connectivity index (χ1v) is 13.5. The lowest BCUT2D eigenvalue weighted by molar-refractivity contribution is -0.123. The van der Waals surface area contributed by atoms with Crippen molar-refractivity contribution in [2.45, 2.75) is 44.9 Å². The molecule has 2 aliphatic heterocycles. The predicted molar refractivity (Wildman–Crippen MR) is 151 cm³/mol. The minimum Gasteiger partial charge on any atom is -0.486 e. The smallest absolute Gasteiger partial charge is 0.414 e. The molecule has 2 N–H and O–H groups in total. The molecular formula is C29H33N5O8. The zero-order chi connectivity index (χ0) is 29.9. The summed E-state index contributed by atoms with van der Waals surface area (Å²) in [5.41, 5.74) is 1.66. The van der Waals surface area contributed by atoms with Crippen molar-refractivity contribution in [3.05, 3.63) is 48.2 Å². The number of carbonyl (C=O) groups is 3. The highest BCUT2D eigenvalue weighted by Gasteiger charge is 2.34. The van der Waals surface area contributed by atoms with Gasteiger partial charge in [0.25, 0.3) is 0 Å². The molecule has 0 radical (unpaired) electrons. The first-order valence-electron chi connectivity index (χ1n) is 13.5. The molecular weight excluding hydrogens is 546 g/mol. The van der Waals surface area contributed by atoms with Crippen molar-refractivity contribution in [2.24, 2.45) is 0 Å². The van der Waals surface area contributed by atoms with Crippen molar-refractivity contribution in [2.75, 3.05) is 38.3 Å². The van der Waals surface area contributed by atoms with Gasteiger partial charge in [-0.3, -0.25) is 14.7 Å². The number of nitrogens with one attached hydrogen (secondary N) is 2. The van der Waals surface area contributed by atoms with E-state index in [0.29, 0.717) is 52.9 Å². The summed E-state index contributed by atoms with van der Waals surface area (Å²) in [7, 11) is 1.51. The molecule has 2 aromatic heterocycles. The molecule has 5 rings (SSSR count). The fourth-order valence-corrected chi connectivity index (χ4v) is 4.59. The van der Waals surface area contributed by atoms with Gasteiger partial charge in [0.05, 0.1) is 36.9 Å². The zero-order valence-corrected chi connectivity index (χ0v) is 23.8. The van der Waals surface area contributed by atoms with Gasteiger partial charge in [0.1, 0.15) is 31.0 Å². The topological polar surface area (TPSA) is 150 Å². The van der Waals surface area contributed by atoms with Crippen LogP contribution in [0.4, 0.5) is 15.3 Å². The fourth-order valence-electron chi connectivity index (χ4n) is 4.59. The van der Waals surface area contributed by atoms with Gasteiger partial charge in [-0.15, -0.1) is 0 Å². The molecule has 222 valence electrons. The number of alkyl carbamates (subject to hydrolysis) is 1. The largest absolute Gasteiger partial charge is 0.486 e. The normalized spacial score (nSPS) is 16.9. The average molecular weight is 580 g/mol. The summed E-state index contributed by atoms with van der Waals surface area (Å²) in [5, 5.41) is 5.47. The van der Waals surface area contributed by atoms with Crippen LogP contribution in [-0.2, 0) is 20.7 Å². The van der Waals surface area contributed by atoms with Crippen molar-refractivity contribution in [1.29, 1.82) is 0 Å². The van der Waals surface area contributed by atoms with Gasteiger partial charge in [0.15, 0.2) is 11.5 Å². The third-order valence-electron chi connectivity index (χ3n) is 6.50. The van der Waals surface area contributed by atoms with Gasteiger partial charge in [0, 0.05) is 24.8 Å². The fraction of sp³-hybridized carbons (Fsp3) is 0.414. The van der Waals surface area contributed by atoms with Gasteiger partial charge in [-0.2, -0.15) is 0 Å². The molecule has 2 atom stereocenters.